The molecule has 0 spiro atoms. The lowest BCUT2D eigenvalue weighted by Gasteiger charge is -2.32. The molecular formula is C25H20ClNO3. The van der Waals surface area contributed by atoms with Crippen LogP contribution in [0.2, 0.25) is 5.02 Å². The van der Waals surface area contributed by atoms with Crippen LogP contribution in [0.15, 0.2) is 69.9 Å². The molecule has 0 amide bonds. The van der Waals surface area contributed by atoms with Gasteiger partial charge in [0.15, 0.2) is 6.73 Å². The van der Waals surface area contributed by atoms with Gasteiger partial charge in [0.25, 0.3) is 0 Å². The van der Waals surface area contributed by atoms with Gasteiger partial charge in [-0.2, -0.15) is 0 Å². The maximum atomic E-state index is 12.4. The summed E-state index contributed by atoms with van der Waals surface area (Å²) in [7, 11) is 0. The first-order chi connectivity index (χ1) is 14.5. The number of hydrogen-bond acceptors (Lipinski definition) is 4. The third-order valence-electron chi connectivity index (χ3n) is 5.54. The smallest absolute Gasteiger partial charge is 0.336 e. The van der Waals surface area contributed by atoms with Crippen molar-refractivity contribution < 1.29 is 9.15 Å². The van der Waals surface area contributed by atoms with E-state index >= 15 is 0 Å². The number of halogens is 1. The van der Waals surface area contributed by atoms with Crippen molar-refractivity contribution in [2.75, 3.05) is 11.6 Å². The average molecular weight is 418 g/mol. The van der Waals surface area contributed by atoms with Gasteiger partial charge in [-0.1, -0.05) is 54.1 Å². The van der Waals surface area contributed by atoms with Gasteiger partial charge in [0, 0.05) is 17.1 Å². The minimum atomic E-state index is -0.394. The summed E-state index contributed by atoms with van der Waals surface area (Å²) < 4.78 is 11.7. The molecule has 2 heterocycles. The van der Waals surface area contributed by atoms with E-state index in [2.05, 4.69) is 36.9 Å². The quantitative estimate of drug-likeness (QED) is 0.370. The normalized spacial score (nSPS) is 13.2. The molecule has 0 radical (unpaired) electrons. The monoisotopic (exact) mass is 417 g/mol. The van der Waals surface area contributed by atoms with E-state index in [4.69, 9.17) is 20.8 Å². The van der Waals surface area contributed by atoms with E-state index in [-0.39, 0.29) is 0 Å². The van der Waals surface area contributed by atoms with Crippen molar-refractivity contribution in [3.05, 3.63) is 92.8 Å². The fourth-order valence-corrected chi connectivity index (χ4v) is 4.34. The van der Waals surface area contributed by atoms with E-state index in [1.54, 1.807) is 0 Å². The van der Waals surface area contributed by atoms with Gasteiger partial charge in [0.2, 0.25) is 0 Å². The van der Waals surface area contributed by atoms with E-state index in [0.29, 0.717) is 29.6 Å². The Hall–Kier alpha value is -3.24. The van der Waals surface area contributed by atoms with Crippen molar-refractivity contribution in [1.29, 1.82) is 0 Å². The summed E-state index contributed by atoms with van der Waals surface area (Å²) >= 11 is 6.61. The number of aryl methyl sites for hydroxylation is 2. The Labute approximate surface area is 179 Å². The predicted molar refractivity (Wildman–Crippen MR) is 121 cm³/mol. The SMILES string of the molecule is Cc1ccc(C)c(N2COc3c(Cl)cc4c(-c5ccccc5)cc(=O)oc4c3C2)c1. The molecular weight excluding hydrogens is 398 g/mol. The number of nitrogens with zero attached hydrogens (tertiary/aromatic N) is 1. The van der Waals surface area contributed by atoms with Crippen molar-refractivity contribution in [2.45, 2.75) is 20.4 Å². The van der Waals surface area contributed by atoms with Crippen molar-refractivity contribution in [2.24, 2.45) is 0 Å². The van der Waals surface area contributed by atoms with Crippen LogP contribution >= 0.6 is 11.6 Å². The van der Waals surface area contributed by atoms with E-state index in [1.807, 2.05) is 36.4 Å². The van der Waals surface area contributed by atoms with Gasteiger partial charge >= 0.3 is 5.63 Å². The van der Waals surface area contributed by atoms with Gasteiger partial charge in [-0.05, 0) is 48.2 Å². The highest BCUT2D eigenvalue weighted by Crippen LogP contribution is 2.42. The lowest BCUT2D eigenvalue weighted by atomic mass is 9.99. The van der Waals surface area contributed by atoms with Gasteiger partial charge in [0.05, 0.1) is 17.1 Å². The Balaban J connectivity index is 1.72. The molecule has 5 heteroatoms. The molecule has 0 fully saturated rings. The third-order valence-corrected chi connectivity index (χ3v) is 5.82. The molecule has 0 saturated heterocycles. The van der Waals surface area contributed by atoms with Gasteiger partial charge in [-0.15, -0.1) is 0 Å². The van der Waals surface area contributed by atoms with Crippen molar-refractivity contribution in [3.8, 4) is 16.9 Å². The van der Waals surface area contributed by atoms with Crippen LogP contribution in [-0.4, -0.2) is 6.73 Å². The molecule has 0 aliphatic carbocycles. The Morgan fingerprint density at radius 2 is 1.80 bits per heavy atom. The van der Waals surface area contributed by atoms with E-state index in [9.17, 15) is 4.79 Å². The fraction of sp³-hybridized carbons (Fsp3) is 0.160. The van der Waals surface area contributed by atoms with Crippen LogP contribution in [-0.2, 0) is 6.54 Å². The molecule has 0 saturated carbocycles. The lowest BCUT2D eigenvalue weighted by Crippen LogP contribution is -2.32. The summed E-state index contributed by atoms with van der Waals surface area (Å²) in [6, 6.07) is 19.5. The summed E-state index contributed by atoms with van der Waals surface area (Å²) in [6.07, 6.45) is 0. The lowest BCUT2D eigenvalue weighted by molar-refractivity contribution is 0.289. The van der Waals surface area contributed by atoms with E-state index in [1.165, 1.54) is 11.6 Å². The van der Waals surface area contributed by atoms with Gasteiger partial charge < -0.3 is 14.1 Å². The number of hydrogen-bond donors (Lipinski definition) is 0. The number of benzene rings is 3. The molecule has 1 aliphatic heterocycles. The minimum Gasteiger partial charge on any atom is -0.471 e. The molecule has 0 bridgehead atoms. The third kappa shape index (κ3) is 3.14. The van der Waals surface area contributed by atoms with Crippen molar-refractivity contribution >= 4 is 28.3 Å². The van der Waals surface area contributed by atoms with Crippen LogP contribution in [0, 0.1) is 13.8 Å². The highest BCUT2D eigenvalue weighted by atomic mass is 35.5. The second-order valence-electron chi connectivity index (χ2n) is 7.65. The van der Waals surface area contributed by atoms with Gasteiger partial charge in [0.1, 0.15) is 11.3 Å². The van der Waals surface area contributed by atoms with Crippen LogP contribution in [0.5, 0.6) is 5.75 Å². The summed E-state index contributed by atoms with van der Waals surface area (Å²) in [4.78, 5) is 14.6. The van der Waals surface area contributed by atoms with Crippen LogP contribution in [0.1, 0.15) is 16.7 Å². The zero-order valence-electron chi connectivity index (χ0n) is 16.7. The second-order valence-corrected chi connectivity index (χ2v) is 8.06. The van der Waals surface area contributed by atoms with Crippen LogP contribution < -0.4 is 15.3 Å². The van der Waals surface area contributed by atoms with E-state index < -0.39 is 5.63 Å². The molecule has 1 aliphatic rings. The zero-order valence-corrected chi connectivity index (χ0v) is 17.5. The molecule has 150 valence electrons. The molecule has 1 aromatic heterocycles. The highest BCUT2D eigenvalue weighted by Gasteiger charge is 2.26. The maximum Gasteiger partial charge on any atom is 0.336 e. The summed E-state index contributed by atoms with van der Waals surface area (Å²) in [6.45, 7) is 5.07. The number of anilines is 1. The highest BCUT2D eigenvalue weighted by molar-refractivity contribution is 6.33. The Bertz CT molecular complexity index is 1330. The standard InChI is InChI=1S/C25H20ClNO3/c1-15-8-9-16(2)22(10-15)27-13-20-24-19(11-21(26)25(20)29-14-27)18(12-23(28)30-24)17-6-4-3-5-7-17/h3-12H,13-14H2,1-2H3. The zero-order chi connectivity index (χ0) is 20.8. The largest absolute Gasteiger partial charge is 0.471 e. The van der Waals surface area contributed by atoms with Crippen LogP contribution in [0.25, 0.3) is 22.1 Å². The summed E-state index contributed by atoms with van der Waals surface area (Å²) in [5.41, 5.74) is 6.09. The molecule has 0 unspecified atom stereocenters. The Morgan fingerprint density at radius 3 is 2.60 bits per heavy atom. The number of ether oxygens (including phenoxy) is 1. The second kappa shape index (κ2) is 7.22. The maximum absolute atomic E-state index is 12.4. The van der Waals surface area contributed by atoms with Crippen molar-refractivity contribution in [1.82, 2.24) is 0 Å². The molecule has 3 aromatic carbocycles. The molecule has 0 atom stereocenters. The number of rotatable bonds is 2. The van der Waals surface area contributed by atoms with Gasteiger partial charge in [-0.25, -0.2) is 4.79 Å². The van der Waals surface area contributed by atoms with Gasteiger partial charge in [-0.3, -0.25) is 0 Å². The molecule has 30 heavy (non-hydrogen) atoms. The topological polar surface area (TPSA) is 42.7 Å². The molecule has 0 N–H and O–H groups in total. The van der Waals surface area contributed by atoms with Crippen molar-refractivity contribution in [3.63, 3.8) is 0 Å². The molecule has 4 aromatic rings. The van der Waals surface area contributed by atoms with E-state index in [0.717, 1.165) is 33.3 Å². The fourth-order valence-electron chi connectivity index (χ4n) is 4.06. The van der Waals surface area contributed by atoms with Crippen LogP contribution in [0.3, 0.4) is 0 Å². The Morgan fingerprint density at radius 1 is 1.00 bits per heavy atom. The number of fused-ring (bicyclic) bond motifs is 3. The summed E-state index contributed by atoms with van der Waals surface area (Å²) in [5.74, 6) is 0.582. The summed E-state index contributed by atoms with van der Waals surface area (Å²) in [5, 5.41) is 1.32. The Kier molecular flexibility index (Phi) is 4.52. The predicted octanol–water partition coefficient (Wildman–Crippen LogP) is 6.09. The first-order valence-corrected chi connectivity index (χ1v) is 10.2. The minimum absolute atomic E-state index is 0.380. The molecule has 5 rings (SSSR count). The molecule has 4 nitrogen and oxygen atoms in total. The average Bonchev–Trinajstić information content (AvgIpc) is 2.76. The first kappa shape index (κ1) is 18.8. The first-order valence-electron chi connectivity index (χ1n) is 9.81. The van der Waals surface area contributed by atoms with Crippen LogP contribution in [0.4, 0.5) is 5.69 Å².